The Morgan fingerprint density at radius 1 is 0.558 bits per heavy atom. The lowest BCUT2D eigenvalue weighted by Gasteiger charge is -2.30. The summed E-state index contributed by atoms with van der Waals surface area (Å²) in [5.41, 5.74) is 4.89. The first-order chi connectivity index (χ1) is 25.0. The van der Waals surface area contributed by atoms with E-state index in [0.29, 0.717) is 30.3 Å². The fourth-order valence-corrected chi connectivity index (χ4v) is 8.33. The van der Waals surface area contributed by atoms with Crippen molar-refractivity contribution in [1.29, 1.82) is 0 Å². The Bertz CT molecular complexity index is 2490. The summed E-state index contributed by atoms with van der Waals surface area (Å²) in [6.07, 6.45) is 9.82. The molecule has 3 heterocycles. The van der Waals surface area contributed by atoms with Crippen LogP contribution in [0.2, 0.25) is 0 Å². The molecule has 52 heavy (non-hydrogen) atoms. The normalized spacial score (nSPS) is 18.4. The number of urea groups is 1. The molecule has 0 spiro atoms. The fourth-order valence-electron chi connectivity index (χ4n) is 8.33. The predicted molar refractivity (Wildman–Crippen MR) is 211 cm³/mol. The third-order valence-electron chi connectivity index (χ3n) is 10.6. The maximum atomic E-state index is 13.9. The number of rotatable bonds is 6. The van der Waals surface area contributed by atoms with Crippen LogP contribution in [-0.2, 0) is 22.7 Å². The van der Waals surface area contributed by atoms with Gasteiger partial charge in [-0.1, -0.05) is 101 Å². The third kappa shape index (κ3) is 5.29. The van der Waals surface area contributed by atoms with Crippen molar-refractivity contribution in [3.8, 4) is 0 Å². The molecule has 6 aromatic rings. The Morgan fingerprint density at radius 3 is 1.37 bits per heavy atom. The molecule has 7 heteroatoms. The van der Waals surface area contributed by atoms with Gasteiger partial charge in [0.15, 0.2) is 0 Å². The van der Waals surface area contributed by atoms with Crippen molar-refractivity contribution in [2.75, 3.05) is 14.1 Å². The number of nitrogens with zero attached hydrogens (tertiary/aromatic N) is 4. The highest BCUT2D eigenvalue weighted by Crippen LogP contribution is 2.40. The highest BCUT2D eigenvalue weighted by molar-refractivity contribution is 6.29. The van der Waals surface area contributed by atoms with Gasteiger partial charge in [0.25, 0.3) is 11.8 Å². The molecule has 1 saturated heterocycles. The smallest absolute Gasteiger partial charge is 0.333 e. The largest absolute Gasteiger partial charge is 0.340 e. The lowest BCUT2D eigenvalue weighted by molar-refractivity contribution is -0.134. The van der Waals surface area contributed by atoms with E-state index in [1.54, 1.807) is 0 Å². The average Bonchev–Trinajstić information content (AvgIpc) is 3.76. The van der Waals surface area contributed by atoms with Crippen LogP contribution < -0.4 is 10.7 Å². The number of barbiturate groups is 1. The molecule has 1 aliphatic carbocycles. The van der Waals surface area contributed by atoms with E-state index in [9.17, 15) is 14.4 Å². The van der Waals surface area contributed by atoms with Crippen LogP contribution in [0, 0.1) is 11.8 Å². The van der Waals surface area contributed by atoms with E-state index in [1.165, 1.54) is 57.4 Å². The summed E-state index contributed by atoms with van der Waals surface area (Å²) < 4.78 is 4.78. The van der Waals surface area contributed by atoms with Crippen LogP contribution in [-0.4, -0.2) is 50.9 Å². The molecule has 2 aliphatic rings. The molecule has 4 amide bonds. The SMILES string of the molecule is CC(C)Cn1c(=CC=C2CCC(=CC=c3c4cccc5cccc(c54)n3CC(C)C)C2=C2C(=O)N(C)C(=O)N(C)C2=O)c2cccc3cccc1c32. The topological polar surface area (TPSA) is 67.6 Å². The minimum Gasteiger partial charge on any atom is -0.340 e. The molecule has 2 fully saturated rings. The van der Waals surface area contributed by atoms with Crippen LogP contribution in [0.4, 0.5) is 4.79 Å². The number of carbonyl (C=O) groups is 3. The van der Waals surface area contributed by atoms with Gasteiger partial charge in [0.2, 0.25) is 0 Å². The summed E-state index contributed by atoms with van der Waals surface area (Å²) in [5.74, 6) is -0.283. The first-order valence-electron chi connectivity index (χ1n) is 18.3. The number of hydrogen-bond donors (Lipinski definition) is 0. The Hall–Kier alpha value is -5.69. The average molecular weight is 689 g/mol. The first-order valence-corrected chi connectivity index (χ1v) is 18.3. The van der Waals surface area contributed by atoms with Crippen LogP contribution >= 0.6 is 0 Å². The van der Waals surface area contributed by atoms with Gasteiger partial charge in [-0.25, -0.2) is 4.79 Å². The molecule has 1 saturated carbocycles. The van der Waals surface area contributed by atoms with Crippen molar-refractivity contribution >= 4 is 73.3 Å². The minimum absolute atomic E-state index is 0.0445. The van der Waals surface area contributed by atoms with Crippen LogP contribution in [0.1, 0.15) is 40.5 Å². The molecule has 2 aromatic heterocycles. The molecule has 0 atom stereocenters. The van der Waals surface area contributed by atoms with Crippen molar-refractivity contribution in [3.05, 3.63) is 118 Å². The van der Waals surface area contributed by atoms with E-state index in [2.05, 4.69) is 134 Å². The number of carbonyl (C=O) groups excluding carboxylic acids is 3. The van der Waals surface area contributed by atoms with Gasteiger partial charge in [0.05, 0.1) is 0 Å². The number of imide groups is 2. The third-order valence-corrected chi connectivity index (χ3v) is 10.6. The molecule has 1 aliphatic heterocycles. The number of aromatic nitrogens is 2. The van der Waals surface area contributed by atoms with Crippen LogP contribution in [0.25, 0.3) is 55.5 Å². The maximum Gasteiger partial charge on any atom is 0.333 e. The second-order valence-electron chi connectivity index (χ2n) is 15.1. The molecule has 0 radical (unpaired) electrons. The van der Waals surface area contributed by atoms with Gasteiger partial charge in [0.1, 0.15) is 5.57 Å². The van der Waals surface area contributed by atoms with Crippen LogP contribution in [0.15, 0.2) is 107 Å². The number of allylic oxidation sites excluding steroid dienone is 5. The highest BCUT2D eigenvalue weighted by atomic mass is 16.2. The highest BCUT2D eigenvalue weighted by Gasteiger charge is 2.42. The first kappa shape index (κ1) is 33.5. The van der Waals surface area contributed by atoms with E-state index in [4.69, 9.17) is 0 Å². The minimum atomic E-state index is -0.625. The molecule has 8 rings (SSSR count). The number of hydrogen-bond acceptors (Lipinski definition) is 3. The lowest BCUT2D eigenvalue weighted by atomic mass is 9.95. The van der Waals surface area contributed by atoms with Crippen LogP contribution in [0.3, 0.4) is 0 Å². The second kappa shape index (κ2) is 12.8. The van der Waals surface area contributed by atoms with Crippen molar-refractivity contribution < 1.29 is 14.4 Å². The molecule has 0 bridgehead atoms. The quantitative estimate of drug-likeness (QED) is 0.132. The van der Waals surface area contributed by atoms with E-state index >= 15 is 0 Å². The van der Waals surface area contributed by atoms with Gasteiger partial charge in [-0.15, -0.1) is 0 Å². The Kier molecular flexibility index (Phi) is 8.25. The van der Waals surface area contributed by atoms with Gasteiger partial charge in [-0.05, 0) is 76.5 Å². The van der Waals surface area contributed by atoms with Gasteiger partial charge in [0, 0.05) is 70.5 Å². The van der Waals surface area contributed by atoms with Gasteiger partial charge >= 0.3 is 6.03 Å². The Labute approximate surface area is 303 Å². The summed E-state index contributed by atoms with van der Waals surface area (Å²) in [7, 11) is 2.89. The van der Waals surface area contributed by atoms with E-state index < -0.39 is 17.8 Å². The summed E-state index contributed by atoms with van der Waals surface area (Å²) in [6.45, 7) is 10.6. The zero-order valence-corrected chi connectivity index (χ0v) is 30.7. The summed E-state index contributed by atoms with van der Waals surface area (Å²) in [4.78, 5) is 42.7. The van der Waals surface area contributed by atoms with Crippen molar-refractivity contribution in [2.24, 2.45) is 11.8 Å². The van der Waals surface area contributed by atoms with E-state index in [0.717, 1.165) is 44.7 Å². The molecule has 262 valence electrons. The van der Waals surface area contributed by atoms with Crippen molar-refractivity contribution in [1.82, 2.24) is 18.9 Å². The van der Waals surface area contributed by atoms with E-state index in [1.807, 2.05) is 0 Å². The van der Waals surface area contributed by atoms with Gasteiger partial charge < -0.3 is 9.13 Å². The Morgan fingerprint density at radius 2 is 0.962 bits per heavy atom. The standard InChI is InChI=1S/C45H44N4O3/c1-27(2)25-48-35(33-15-7-11-29-13-9-17-37(48)40(29)33)23-21-31-19-20-32(39(31)42-43(50)46(5)45(52)47(6)44(42)51)22-24-36-34-16-8-12-30-14-10-18-38(41(30)34)49(36)26-28(3)4/h7-18,21-24,27-28H,19-20,25-26H2,1-6H3. The number of amides is 4. The summed E-state index contributed by atoms with van der Waals surface area (Å²) in [5, 5.41) is 9.43. The fraction of sp³-hybridized carbons (Fsp3) is 0.267. The van der Waals surface area contributed by atoms with Crippen LogP contribution in [0.5, 0.6) is 0 Å². The van der Waals surface area contributed by atoms with Gasteiger partial charge in [-0.3, -0.25) is 19.4 Å². The van der Waals surface area contributed by atoms with Crippen molar-refractivity contribution in [3.63, 3.8) is 0 Å². The lowest BCUT2D eigenvalue weighted by Crippen LogP contribution is -2.53. The number of likely N-dealkylation sites (N-methyl/N-ethyl adjacent to an activating group) is 2. The monoisotopic (exact) mass is 688 g/mol. The molecule has 0 unspecified atom stereocenters. The molecular formula is C45H44N4O3. The van der Waals surface area contributed by atoms with Gasteiger partial charge in [-0.2, -0.15) is 0 Å². The molecule has 7 nitrogen and oxygen atoms in total. The summed E-state index contributed by atoms with van der Waals surface area (Å²) in [6, 6.07) is 25.1. The second-order valence-corrected chi connectivity index (χ2v) is 15.1. The predicted octanol–water partition coefficient (Wildman–Crippen LogP) is 7.91. The molecular weight excluding hydrogens is 645 g/mol. The molecule has 4 aromatic carbocycles. The van der Waals surface area contributed by atoms with Crippen molar-refractivity contribution in [2.45, 2.75) is 53.6 Å². The van der Waals surface area contributed by atoms with E-state index in [-0.39, 0.29) is 5.57 Å². The molecule has 0 N–H and O–H groups in total. The zero-order valence-electron chi connectivity index (χ0n) is 30.7. The Balaban J connectivity index is 1.37. The number of benzene rings is 4. The summed E-state index contributed by atoms with van der Waals surface area (Å²) >= 11 is 0. The zero-order chi connectivity index (χ0) is 36.4. The maximum absolute atomic E-state index is 13.9.